The van der Waals surface area contributed by atoms with Crippen LogP contribution in [0.3, 0.4) is 0 Å². The Balaban J connectivity index is 1.37. The monoisotopic (exact) mass is 576 g/mol. The van der Waals surface area contributed by atoms with E-state index in [2.05, 4.69) is 46.8 Å². The highest BCUT2D eigenvalue weighted by Gasteiger charge is 2.42. The van der Waals surface area contributed by atoms with Crippen LogP contribution in [0.2, 0.25) is 0 Å². The maximum absolute atomic E-state index is 6.08. The first-order chi connectivity index (χ1) is 20.5. The second-order valence-corrected chi connectivity index (χ2v) is 10.5. The lowest BCUT2D eigenvalue weighted by Crippen LogP contribution is -2.29. The van der Waals surface area contributed by atoms with Crippen LogP contribution in [0.25, 0.3) is 5.69 Å². The number of hydrogen-bond acceptors (Lipinski definition) is 5. The molecule has 212 valence electrons. The fraction of sp³-hybridized carbons (Fsp3) is 0.176. The molecule has 1 aliphatic rings. The molecule has 3 heterocycles. The summed E-state index contributed by atoms with van der Waals surface area (Å²) in [5.41, 5.74) is 6.41. The summed E-state index contributed by atoms with van der Waals surface area (Å²) >= 11 is 5.97. The number of anilines is 1. The van der Waals surface area contributed by atoms with Crippen molar-refractivity contribution in [3.8, 4) is 28.7 Å². The van der Waals surface area contributed by atoms with Crippen LogP contribution in [-0.2, 0) is 0 Å². The molecule has 1 saturated heterocycles. The number of nitrogens with one attached hydrogen (secondary N) is 1. The van der Waals surface area contributed by atoms with Crippen molar-refractivity contribution in [1.29, 1.82) is 0 Å². The molecule has 7 nitrogen and oxygen atoms in total. The molecule has 0 bridgehead atoms. The van der Waals surface area contributed by atoms with Crippen molar-refractivity contribution in [2.24, 2.45) is 0 Å². The molecule has 0 aliphatic carbocycles. The number of ether oxygens (including phenoxy) is 3. The Morgan fingerprint density at radius 1 is 0.738 bits per heavy atom. The van der Waals surface area contributed by atoms with Gasteiger partial charge in [-0.05, 0) is 123 Å². The van der Waals surface area contributed by atoms with E-state index in [1.54, 1.807) is 14.2 Å². The summed E-state index contributed by atoms with van der Waals surface area (Å²) < 4.78 is 19.0. The van der Waals surface area contributed by atoms with Crippen molar-refractivity contribution in [3.05, 3.63) is 126 Å². The second-order valence-electron chi connectivity index (χ2n) is 10.1. The van der Waals surface area contributed by atoms with Crippen LogP contribution in [0.4, 0.5) is 5.69 Å². The van der Waals surface area contributed by atoms with E-state index in [1.807, 2.05) is 85.1 Å². The molecule has 3 aromatic carbocycles. The number of aryl methyl sites for hydroxylation is 1. The van der Waals surface area contributed by atoms with Gasteiger partial charge in [-0.15, -0.1) is 0 Å². The van der Waals surface area contributed by atoms with Crippen LogP contribution in [0, 0.1) is 13.8 Å². The van der Waals surface area contributed by atoms with Crippen molar-refractivity contribution in [1.82, 2.24) is 14.9 Å². The molecule has 2 atom stereocenters. The van der Waals surface area contributed by atoms with Gasteiger partial charge in [-0.25, -0.2) is 0 Å². The maximum atomic E-state index is 6.08. The number of benzene rings is 3. The minimum atomic E-state index is -0.140. The lowest BCUT2D eigenvalue weighted by molar-refractivity contribution is 0.413. The van der Waals surface area contributed by atoms with E-state index in [0.717, 1.165) is 51.5 Å². The summed E-state index contributed by atoms with van der Waals surface area (Å²) in [4.78, 5) is 6.90. The average molecular weight is 577 g/mol. The van der Waals surface area contributed by atoms with Gasteiger partial charge in [0, 0.05) is 29.0 Å². The standard InChI is InChI=1S/C34H32N4O3S/c1-22-21-30(23(2)37(22)24-8-12-26(39-3)13-9-24)33-32(31-7-5-6-20-35-31)36-34(42)38(33)25-10-14-28(15-11-25)41-29-18-16-27(40-4)17-19-29/h5-21,32-33H,1-4H3,(H,36,42)/t32-,33+/m1/s1. The Kier molecular flexibility index (Phi) is 7.54. The summed E-state index contributed by atoms with van der Waals surface area (Å²) in [6.07, 6.45) is 1.83. The van der Waals surface area contributed by atoms with Gasteiger partial charge in [-0.3, -0.25) is 4.98 Å². The Bertz CT molecular complexity index is 1680. The molecule has 0 spiro atoms. The van der Waals surface area contributed by atoms with E-state index in [4.69, 9.17) is 31.4 Å². The van der Waals surface area contributed by atoms with Gasteiger partial charge in [-0.2, -0.15) is 0 Å². The molecule has 0 unspecified atom stereocenters. The Hall–Kier alpha value is -4.82. The minimum Gasteiger partial charge on any atom is -0.497 e. The van der Waals surface area contributed by atoms with E-state index < -0.39 is 0 Å². The Morgan fingerprint density at radius 3 is 1.90 bits per heavy atom. The fourth-order valence-electron chi connectivity index (χ4n) is 5.62. The molecule has 1 N–H and O–H groups in total. The van der Waals surface area contributed by atoms with Gasteiger partial charge >= 0.3 is 0 Å². The first-order valence-corrected chi connectivity index (χ1v) is 14.1. The first kappa shape index (κ1) is 27.4. The van der Waals surface area contributed by atoms with E-state index in [-0.39, 0.29) is 12.1 Å². The predicted molar refractivity (Wildman–Crippen MR) is 169 cm³/mol. The molecule has 1 aliphatic heterocycles. The molecule has 0 saturated carbocycles. The minimum absolute atomic E-state index is 0.126. The zero-order valence-electron chi connectivity index (χ0n) is 23.9. The predicted octanol–water partition coefficient (Wildman–Crippen LogP) is 7.48. The number of thiocarbonyl (C=S) groups is 1. The normalized spacial score (nSPS) is 16.3. The molecular weight excluding hydrogens is 544 g/mol. The smallest absolute Gasteiger partial charge is 0.174 e. The van der Waals surface area contributed by atoms with Crippen LogP contribution in [0.5, 0.6) is 23.0 Å². The second kappa shape index (κ2) is 11.6. The highest BCUT2D eigenvalue weighted by molar-refractivity contribution is 7.80. The van der Waals surface area contributed by atoms with Gasteiger partial charge in [0.1, 0.15) is 23.0 Å². The van der Waals surface area contributed by atoms with E-state index >= 15 is 0 Å². The summed E-state index contributed by atoms with van der Waals surface area (Å²) in [5.74, 6) is 3.08. The van der Waals surface area contributed by atoms with E-state index in [1.165, 1.54) is 5.56 Å². The maximum Gasteiger partial charge on any atom is 0.174 e. The van der Waals surface area contributed by atoms with Crippen molar-refractivity contribution in [2.45, 2.75) is 25.9 Å². The van der Waals surface area contributed by atoms with Gasteiger partial charge in [0.15, 0.2) is 5.11 Å². The molecule has 0 radical (unpaired) electrons. The molecule has 8 heteroatoms. The number of methoxy groups -OCH3 is 2. The molecule has 5 aromatic rings. The zero-order chi connectivity index (χ0) is 29.2. The summed E-state index contributed by atoms with van der Waals surface area (Å²) in [6.45, 7) is 4.29. The van der Waals surface area contributed by atoms with Crippen LogP contribution < -0.4 is 24.4 Å². The summed E-state index contributed by atoms with van der Waals surface area (Å²) in [6, 6.07) is 31.7. The molecule has 6 rings (SSSR count). The third-order valence-corrected chi connectivity index (χ3v) is 7.94. The molecule has 2 aromatic heterocycles. The lowest BCUT2D eigenvalue weighted by Gasteiger charge is -2.28. The van der Waals surface area contributed by atoms with E-state index in [9.17, 15) is 0 Å². The first-order valence-electron chi connectivity index (χ1n) is 13.7. The van der Waals surface area contributed by atoms with Crippen molar-refractivity contribution in [2.75, 3.05) is 19.1 Å². The zero-order valence-corrected chi connectivity index (χ0v) is 24.8. The number of rotatable bonds is 8. The Labute approximate surface area is 251 Å². The van der Waals surface area contributed by atoms with Crippen molar-refractivity contribution >= 4 is 23.0 Å². The topological polar surface area (TPSA) is 60.8 Å². The fourth-order valence-corrected chi connectivity index (χ4v) is 5.97. The van der Waals surface area contributed by atoms with Gasteiger partial charge in [0.2, 0.25) is 0 Å². The highest BCUT2D eigenvalue weighted by atomic mass is 32.1. The van der Waals surface area contributed by atoms with Crippen molar-refractivity contribution in [3.63, 3.8) is 0 Å². The van der Waals surface area contributed by atoms with E-state index in [0.29, 0.717) is 5.11 Å². The van der Waals surface area contributed by atoms with Gasteiger partial charge in [-0.1, -0.05) is 6.07 Å². The number of hydrogen-bond donors (Lipinski definition) is 1. The summed E-state index contributed by atoms with van der Waals surface area (Å²) in [5, 5.41) is 4.22. The highest BCUT2D eigenvalue weighted by Crippen LogP contribution is 2.44. The third-order valence-electron chi connectivity index (χ3n) is 7.63. The molecule has 42 heavy (non-hydrogen) atoms. The quantitative estimate of drug-likeness (QED) is 0.192. The van der Waals surface area contributed by atoms with Gasteiger partial charge in [0.25, 0.3) is 0 Å². The molecule has 0 amide bonds. The van der Waals surface area contributed by atoms with Crippen LogP contribution in [0.1, 0.15) is 34.7 Å². The largest absolute Gasteiger partial charge is 0.497 e. The van der Waals surface area contributed by atoms with Gasteiger partial charge in [0.05, 0.1) is 32.0 Å². The van der Waals surface area contributed by atoms with Crippen LogP contribution in [-0.4, -0.2) is 28.9 Å². The number of pyridine rings is 1. The number of aromatic nitrogens is 2. The lowest BCUT2D eigenvalue weighted by atomic mass is 9.96. The van der Waals surface area contributed by atoms with Crippen LogP contribution >= 0.6 is 12.2 Å². The Morgan fingerprint density at radius 2 is 1.31 bits per heavy atom. The average Bonchev–Trinajstić information content (AvgIpc) is 3.52. The van der Waals surface area contributed by atoms with Crippen molar-refractivity contribution < 1.29 is 14.2 Å². The third kappa shape index (κ3) is 5.17. The summed E-state index contributed by atoms with van der Waals surface area (Å²) in [7, 11) is 3.33. The molecular formula is C34H32N4O3S. The SMILES string of the molecule is COc1ccc(Oc2ccc(N3C(=S)N[C@H](c4ccccn4)[C@@H]3c3cc(C)n(-c4ccc(OC)cc4)c3C)cc2)cc1. The molecule has 1 fully saturated rings. The number of nitrogens with zero attached hydrogens (tertiary/aromatic N) is 3. The van der Waals surface area contributed by atoms with Crippen LogP contribution in [0.15, 0.2) is 103 Å². The van der Waals surface area contributed by atoms with Gasteiger partial charge < -0.3 is 29.0 Å².